The number of hydrogen-bond donors (Lipinski definition) is 0. The number of hydrogen-bond acceptors (Lipinski definition) is 4. The normalized spacial score (nSPS) is 12.9. The summed E-state index contributed by atoms with van der Waals surface area (Å²) < 4.78 is 0. The molecule has 232 valence electrons. The third-order valence-corrected chi connectivity index (χ3v) is 9.80. The van der Waals surface area contributed by atoms with E-state index in [2.05, 4.69) is 146 Å². The second kappa shape index (κ2) is 11.5. The average Bonchev–Trinajstić information content (AvgIpc) is 3.42. The summed E-state index contributed by atoms with van der Waals surface area (Å²) in [5.74, 6) is 1.84. The van der Waals surface area contributed by atoms with Crippen molar-refractivity contribution in [2.45, 2.75) is 19.3 Å². The number of pyridine rings is 1. The van der Waals surface area contributed by atoms with Crippen LogP contribution in [-0.4, -0.2) is 19.9 Å². The zero-order valence-corrected chi connectivity index (χ0v) is 27.3. The molecule has 2 heterocycles. The monoisotopic (exact) mass is 628 g/mol. The van der Waals surface area contributed by atoms with E-state index in [1.54, 1.807) is 12.4 Å². The Balaban J connectivity index is 1.15. The number of aromatic nitrogens is 4. The van der Waals surface area contributed by atoms with Crippen LogP contribution in [0.1, 0.15) is 25.0 Å². The fraction of sp³-hybridized carbons (Fsp3) is 0.0667. The van der Waals surface area contributed by atoms with E-state index in [1.807, 2.05) is 18.2 Å². The molecular weight excluding hydrogens is 597 g/mol. The maximum atomic E-state index is 5.03. The Bertz CT molecular complexity index is 2500. The maximum absolute atomic E-state index is 5.03. The predicted octanol–water partition coefficient (Wildman–Crippen LogP) is 11.1. The van der Waals surface area contributed by atoms with Crippen LogP contribution < -0.4 is 0 Å². The fourth-order valence-electron chi connectivity index (χ4n) is 7.42. The van der Waals surface area contributed by atoms with Gasteiger partial charge in [-0.15, -0.1) is 0 Å². The summed E-state index contributed by atoms with van der Waals surface area (Å²) in [5, 5.41) is 2.61. The van der Waals surface area contributed by atoms with E-state index in [0.29, 0.717) is 17.5 Å². The van der Waals surface area contributed by atoms with E-state index in [4.69, 9.17) is 15.0 Å². The van der Waals surface area contributed by atoms with Crippen LogP contribution in [0.2, 0.25) is 0 Å². The molecule has 4 nitrogen and oxygen atoms in total. The maximum Gasteiger partial charge on any atom is 0.165 e. The van der Waals surface area contributed by atoms with Gasteiger partial charge in [0.15, 0.2) is 17.5 Å². The minimum atomic E-state index is -0.108. The first-order valence-electron chi connectivity index (χ1n) is 16.6. The Labute approximate surface area is 285 Å². The Hall–Kier alpha value is -6.26. The summed E-state index contributed by atoms with van der Waals surface area (Å²) in [5.41, 5.74) is 12.7. The lowest BCUT2D eigenvalue weighted by molar-refractivity contribution is 0.666. The first-order valence-corrected chi connectivity index (χ1v) is 16.6. The molecule has 1 aliphatic carbocycles. The molecule has 2 aromatic heterocycles. The van der Waals surface area contributed by atoms with Gasteiger partial charge < -0.3 is 0 Å². The van der Waals surface area contributed by atoms with Crippen LogP contribution in [0, 0.1) is 0 Å². The lowest BCUT2D eigenvalue weighted by Crippen LogP contribution is -2.15. The minimum absolute atomic E-state index is 0.108. The Morgan fingerprint density at radius 3 is 1.90 bits per heavy atom. The molecule has 0 fully saturated rings. The zero-order valence-electron chi connectivity index (χ0n) is 27.3. The van der Waals surface area contributed by atoms with Gasteiger partial charge in [0, 0.05) is 34.5 Å². The van der Waals surface area contributed by atoms with Crippen LogP contribution in [0.4, 0.5) is 0 Å². The summed E-state index contributed by atoms with van der Waals surface area (Å²) in [6.45, 7) is 4.70. The molecule has 0 unspecified atom stereocenters. The van der Waals surface area contributed by atoms with Gasteiger partial charge in [-0.1, -0.05) is 141 Å². The molecule has 0 saturated heterocycles. The number of nitrogens with zero attached hydrogens (tertiary/aromatic N) is 4. The highest BCUT2D eigenvalue weighted by molar-refractivity contribution is 6.01. The van der Waals surface area contributed by atoms with Crippen molar-refractivity contribution < 1.29 is 0 Å². The van der Waals surface area contributed by atoms with Crippen LogP contribution in [0.5, 0.6) is 0 Å². The molecule has 0 aliphatic heterocycles. The highest BCUT2D eigenvalue weighted by atomic mass is 15.0. The summed E-state index contributed by atoms with van der Waals surface area (Å²) in [7, 11) is 0. The fourth-order valence-corrected chi connectivity index (χ4v) is 7.42. The standard InChI is InChI=1S/C45H32N4/c1-45(2)39-19-9-18-36(40(39)38-25-24-30-13-6-7-17-37(30)41(38)45)31-20-22-32(23-21-31)42-47-43(49-44(48-42)35-16-10-26-46-28-35)34-15-8-14-33(27-34)29-11-4-3-5-12-29/h3-28H,1-2H3. The molecule has 4 heteroatoms. The second-order valence-electron chi connectivity index (χ2n) is 13.1. The van der Waals surface area contributed by atoms with Gasteiger partial charge in [0.05, 0.1) is 0 Å². The van der Waals surface area contributed by atoms with E-state index >= 15 is 0 Å². The van der Waals surface area contributed by atoms with E-state index in [1.165, 1.54) is 38.6 Å². The smallest absolute Gasteiger partial charge is 0.165 e. The Kier molecular flexibility index (Phi) is 6.77. The van der Waals surface area contributed by atoms with Crippen LogP contribution >= 0.6 is 0 Å². The molecule has 0 radical (unpaired) electrons. The van der Waals surface area contributed by atoms with E-state index in [9.17, 15) is 0 Å². The SMILES string of the molecule is CC1(C)c2cccc(-c3ccc(-c4nc(-c5cccnc5)nc(-c5cccc(-c6ccccc6)c5)n4)cc3)c2-c2ccc3ccccc3c21. The summed E-state index contributed by atoms with van der Waals surface area (Å²) in [4.78, 5) is 19.3. The van der Waals surface area contributed by atoms with Gasteiger partial charge in [-0.3, -0.25) is 4.98 Å². The lowest BCUT2D eigenvalue weighted by atomic mass is 9.80. The van der Waals surface area contributed by atoms with Crippen molar-refractivity contribution in [1.82, 2.24) is 19.9 Å². The van der Waals surface area contributed by atoms with Crippen molar-refractivity contribution in [2.24, 2.45) is 0 Å². The van der Waals surface area contributed by atoms with E-state index in [0.717, 1.165) is 33.4 Å². The van der Waals surface area contributed by atoms with Crippen molar-refractivity contribution in [3.63, 3.8) is 0 Å². The van der Waals surface area contributed by atoms with Crippen molar-refractivity contribution in [3.05, 3.63) is 169 Å². The third-order valence-electron chi connectivity index (χ3n) is 9.80. The molecule has 0 N–H and O–H groups in total. The molecule has 8 aromatic rings. The van der Waals surface area contributed by atoms with Gasteiger partial charge in [-0.2, -0.15) is 0 Å². The van der Waals surface area contributed by atoms with Gasteiger partial charge >= 0.3 is 0 Å². The molecular formula is C45H32N4. The van der Waals surface area contributed by atoms with Crippen LogP contribution in [0.15, 0.2) is 158 Å². The molecule has 0 amide bonds. The van der Waals surface area contributed by atoms with Crippen LogP contribution in [-0.2, 0) is 5.41 Å². The molecule has 0 atom stereocenters. The van der Waals surface area contributed by atoms with E-state index in [-0.39, 0.29) is 5.41 Å². The minimum Gasteiger partial charge on any atom is -0.264 e. The molecule has 0 bridgehead atoms. The van der Waals surface area contributed by atoms with Gasteiger partial charge in [0.1, 0.15) is 0 Å². The molecule has 9 rings (SSSR count). The Morgan fingerprint density at radius 2 is 1.10 bits per heavy atom. The first kappa shape index (κ1) is 28.9. The molecule has 0 saturated carbocycles. The van der Waals surface area contributed by atoms with Gasteiger partial charge in [0.2, 0.25) is 0 Å². The second-order valence-corrected chi connectivity index (χ2v) is 13.1. The van der Waals surface area contributed by atoms with Crippen LogP contribution in [0.25, 0.3) is 78.3 Å². The summed E-state index contributed by atoms with van der Waals surface area (Å²) >= 11 is 0. The largest absolute Gasteiger partial charge is 0.264 e. The molecule has 1 aliphatic rings. The first-order chi connectivity index (χ1) is 24.0. The quantitative estimate of drug-likeness (QED) is 0.190. The van der Waals surface area contributed by atoms with Crippen LogP contribution in [0.3, 0.4) is 0 Å². The average molecular weight is 629 g/mol. The van der Waals surface area contributed by atoms with Gasteiger partial charge in [0.25, 0.3) is 0 Å². The van der Waals surface area contributed by atoms with Crippen molar-refractivity contribution >= 4 is 10.8 Å². The number of rotatable bonds is 5. The molecule has 6 aromatic carbocycles. The lowest BCUT2D eigenvalue weighted by Gasteiger charge is -2.23. The molecule has 49 heavy (non-hydrogen) atoms. The summed E-state index contributed by atoms with van der Waals surface area (Å²) in [6.07, 6.45) is 3.56. The van der Waals surface area contributed by atoms with Crippen molar-refractivity contribution in [2.75, 3.05) is 0 Å². The molecule has 0 spiro atoms. The van der Waals surface area contributed by atoms with Gasteiger partial charge in [-0.05, 0) is 73.5 Å². The highest BCUT2D eigenvalue weighted by Gasteiger charge is 2.38. The zero-order chi connectivity index (χ0) is 33.0. The summed E-state index contributed by atoms with van der Waals surface area (Å²) in [6, 6.07) is 51.3. The van der Waals surface area contributed by atoms with Gasteiger partial charge in [-0.25, -0.2) is 15.0 Å². The third kappa shape index (κ3) is 4.92. The van der Waals surface area contributed by atoms with Crippen molar-refractivity contribution in [3.8, 4) is 67.5 Å². The van der Waals surface area contributed by atoms with E-state index < -0.39 is 0 Å². The topological polar surface area (TPSA) is 51.6 Å². The number of fused-ring (bicyclic) bond motifs is 5. The Morgan fingerprint density at radius 1 is 0.449 bits per heavy atom. The predicted molar refractivity (Wildman–Crippen MR) is 200 cm³/mol. The highest BCUT2D eigenvalue weighted by Crippen LogP contribution is 2.54. The van der Waals surface area contributed by atoms with Crippen molar-refractivity contribution in [1.29, 1.82) is 0 Å². The number of benzene rings is 6.